The normalized spacial score (nSPS) is 13.5. The van der Waals surface area contributed by atoms with Gasteiger partial charge in [-0.3, -0.25) is 9.59 Å². The van der Waals surface area contributed by atoms with Crippen LogP contribution in [0.3, 0.4) is 0 Å². The molecule has 0 bridgehead atoms. The molecule has 1 aromatic rings. The molecule has 7 nitrogen and oxygen atoms in total. The van der Waals surface area contributed by atoms with Crippen LogP contribution in [-0.2, 0) is 14.3 Å². The number of ether oxygens (including phenoxy) is 1. The molecule has 1 rings (SSSR count). The molecule has 0 fully saturated rings. The van der Waals surface area contributed by atoms with E-state index >= 15 is 0 Å². The molecule has 0 heterocycles. The summed E-state index contributed by atoms with van der Waals surface area (Å²) in [5.74, 6) is -0.713. The number of carbonyl (C=O) groups is 3. The zero-order chi connectivity index (χ0) is 30.0. The molecule has 7 heteroatoms. The predicted octanol–water partition coefficient (Wildman–Crippen LogP) is 7.00. The van der Waals surface area contributed by atoms with Crippen molar-refractivity contribution in [1.82, 2.24) is 15.5 Å². The fourth-order valence-corrected chi connectivity index (χ4v) is 4.58. The van der Waals surface area contributed by atoms with Crippen molar-refractivity contribution in [2.45, 2.75) is 138 Å². The number of benzene rings is 1. The molecule has 0 aliphatic heterocycles. The first-order chi connectivity index (χ1) is 18.0. The van der Waals surface area contributed by atoms with Crippen LogP contribution >= 0.6 is 0 Å². The second-order valence-electron chi connectivity index (χ2n) is 13.2. The molecular weight excluding hydrogens is 490 g/mol. The average Bonchev–Trinajstić information content (AvgIpc) is 2.77. The number of alkyl carbamates (subject to hydrolysis) is 1. The molecule has 39 heavy (non-hydrogen) atoms. The SMILES string of the molecule is CCCCCCCCN(C(=O)C(NC(=O)OC(C)(C)C)C(C)C)C(C(=O)NC(C)(C)C)c1ccc(C)cc1C. The lowest BCUT2D eigenvalue weighted by molar-refractivity contribution is -0.144. The highest BCUT2D eigenvalue weighted by molar-refractivity contribution is 5.92. The van der Waals surface area contributed by atoms with Crippen LogP contribution in [0.2, 0.25) is 0 Å². The van der Waals surface area contributed by atoms with Crippen LogP contribution in [0, 0.1) is 19.8 Å². The van der Waals surface area contributed by atoms with Crippen molar-refractivity contribution in [3.8, 4) is 0 Å². The molecule has 2 N–H and O–H groups in total. The van der Waals surface area contributed by atoms with Gasteiger partial charge in [0.2, 0.25) is 11.8 Å². The van der Waals surface area contributed by atoms with E-state index in [0.29, 0.717) is 6.54 Å². The quantitative estimate of drug-likeness (QED) is 0.261. The van der Waals surface area contributed by atoms with Gasteiger partial charge in [-0.2, -0.15) is 0 Å². The largest absolute Gasteiger partial charge is 0.444 e. The third kappa shape index (κ3) is 12.4. The molecule has 0 aromatic heterocycles. The summed E-state index contributed by atoms with van der Waals surface area (Å²) in [7, 11) is 0. The Balaban J connectivity index is 3.52. The first kappa shape index (κ1) is 34.5. The minimum Gasteiger partial charge on any atom is -0.444 e. The van der Waals surface area contributed by atoms with Crippen molar-refractivity contribution < 1.29 is 19.1 Å². The molecule has 3 amide bonds. The Labute approximate surface area is 237 Å². The zero-order valence-corrected chi connectivity index (χ0v) is 26.5. The molecule has 2 unspecified atom stereocenters. The van der Waals surface area contributed by atoms with Gasteiger partial charge >= 0.3 is 6.09 Å². The van der Waals surface area contributed by atoms with E-state index in [-0.39, 0.29) is 17.7 Å². The highest BCUT2D eigenvalue weighted by Crippen LogP contribution is 2.28. The Morgan fingerprint density at radius 1 is 0.923 bits per heavy atom. The monoisotopic (exact) mass is 545 g/mol. The first-order valence-electron chi connectivity index (χ1n) is 14.7. The summed E-state index contributed by atoms with van der Waals surface area (Å²) in [6.45, 7) is 21.6. The highest BCUT2D eigenvalue weighted by atomic mass is 16.6. The van der Waals surface area contributed by atoms with Crippen molar-refractivity contribution >= 4 is 17.9 Å². The molecule has 0 saturated heterocycles. The zero-order valence-electron chi connectivity index (χ0n) is 26.5. The lowest BCUT2D eigenvalue weighted by Crippen LogP contribution is -2.56. The van der Waals surface area contributed by atoms with Gasteiger partial charge in [0.25, 0.3) is 0 Å². The lowest BCUT2D eigenvalue weighted by Gasteiger charge is -2.37. The van der Waals surface area contributed by atoms with E-state index in [0.717, 1.165) is 42.4 Å². The van der Waals surface area contributed by atoms with Gasteiger partial charge in [0.1, 0.15) is 17.7 Å². The van der Waals surface area contributed by atoms with Crippen LogP contribution in [0.25, 0.3) is 0 Å². The Bertz CT molecular complexity index is 944. The maximum absolute atomic E-state index is 14.3. The lowest BCUT2D eigenvalue weighted by atomic mass is 9.94. The topological polar surface area (TPSA) is 87.7 Å². The van der Waals surface area contributed by atoms with Gasteiger partial charge in [-0.05, 0) is 78.9 Å². The average molecular weight is 546 g/mol. The third-order valence-corrected chi connectivity index (χ3v) is 6.42. The maximum atomic E-state index is 14.3. The van der Waals surface area contributed by atoms with Crippen molar-refractivity contribution in [2.24, 2.45) is 5.92 Å². The molecule has 222 valence electrons. The van der Waals surface area contributed by atoms with E-state index in [4.69, 9.17) is 4.74 Å². The first-order valence-corrected chi connectivity index (χ1v) is 14.7. The summed E-state index contributed by atoms with van der Waals surface area (Å²) in [6.07, 6.45) is 5.70. The van der Waals surface area contributed by atoms with E-state index in [9.17, 15) is 14.4 Å². The number of rotatable bonds is 13. The second-order valence-corrected chi connectivity index (χ2v) is 13.2. The summed E-state index contributed by atoms with van der Waals surface area (Å²) in [6, 6.07) is 4.31. The number of carbonyl (C=O) groups excluding carboxylic acids is 3. The van der Waals surface area contributed by atoms with E-state index in [1.165, 1.54) is 12.8 Å². The van der Waals surface area contributed by atoms with Crippen molar-refractivity contribution in [3.63, 3.8) is 0 Å². The third-order valence-electron chi connectivity index (χ3n) is 6.42. The van der Waals surface area contributed by atoms with Gasteiger partial charge in [0.15, 0.2) is 0 Å². The van der Waals surface area contributed by atoms with E-state index in [1.54, 1.807) is 25.7 Å². The van der Waals surface area contributed by atoms with Crippen LogP contribution in [0.1, 0.15) is 124 Å². The smallest absolute Gasteiger partial charge is 0.408 e. The van der Waals surface area contributed by atoms with Crippen LogP contribution in [0.5, 0.6) is 0 Å². The molecule has 1 aromatic carbocycles. The Morgan fingerprint density at radius 3 is 2.03 bits per heavy atom. The standard InChI is InChI=1S/C32H55N3O4/c1-12-13-14-15-16-17-20-35(29(37)26(22(2)3)33-30(38)39-32(9,10)11)27(28(36)34-31(6,7)8)25-19-18-23(4)21-24(25)5/h18-19,21-22,26-27H,12-17,20H2,1-11H3,(H,33,38)(H,34,36). The van der Waals surface area contributed by atoms with Gasteiger partial charge in [-0.1, -0.05) is 76.6 Å². The summed E-state index contributed by atoms with van der Waals surface area (Å²) in [5.41, 5.74) is 1.66. The van der Waals surface area contributed by atoms with Gasteiger partial charge < -0.3 is 20.3 Å². The molecule has 0 aliphatic rings. The fourth-order valence-electron chi connectivity index (χ4n) is 4.58. The highest BCUT2D eigenvalue weighted by Gasteiger charge is 2.38. The molecular formula is C32H55N3O4. The molecule has 0 aliphatic carbocycles. The Kier molecular flexibility index (Phi) is 13.5. The Morgan fingerprint density at radius 2 is 1.51 bits per heavy atom. The molecule has 0 spiro atoms. The predicted molar refractivity (Wildman–Crippen MR) is 160 cm³/mol. The number of amides is 3. The maximum Gasteiger partial charge on any atom is 0.408 e. The van der Waals surface area contributed by atoms with Gasteiger partial charge in [-0.15, -0.1) is 0 Å². The summed E-state index contributed by atoms with van der Waals surface area (Å²) >= 11 is 0. The number of hydrogen-bond acceptors (Lipinski definition) is 4. The van der Waals surface area contributed by atoms with Gasteiger partial charge in [0.05, 0.1) is 0 Å². The number of hydrogen-bond donors (Lipinski definition) is 2. The van der Waals surface area contributed by atoms with Gasteiger partial charge in [0, 0.05) is 12.1 Å². The minimum atomic E-state index is -0.837. The Hall–Kier alpha value is -2.57. The van der Waals surface area contributed by atoms with E-state index < -0.39 is 29.3 Å². The number of nitrogens with zero attached hydrogens (tertiary/aromatic N) is 1. The van der Waals surface area contributed by atoms with Crippen molar-refractivity contribution in [1.29, 1.82) is 0 Å². The van der Waals surface area contributed by atoms with Crippen LogP contribution in [0.15, 0.2) is 18.2 Å². The van der Waals surface area contributed by atoms with Gasteiger partial charge in [-0.25, -0.2) is 4.79 Å². The summed E-state index contributed by atoms with van der Waals surface area (Å²) in [5, 5.41) is 5.91. The van der Waals surface area contributed by atoms with Crippen molar-refractivity contribution in [2.75, 3.05) is 6.54 Å². The van der Waals surface area contributed by atoms with Crippen LogP contribution in [-0.4, -0.2) is 46.5 Å². The van der Waals surface area contributed by atoms with Crippen molar-refractivity contribution in [3.05, 3.63) is 34.9 Å². The fraction of sp³-hybridized carbons (Fsp3) is 0.719. The molecule has 0 saturated carbocycles. The molecule has 2 atom stereocenters. The minimum absolute atomic E-state index is 0.206. The molecule has 0 radical (unpaired) electrons. The second kappa shape index (κ2) is 15.3. The van der Waals surface area contributed by atoms with E-state index in [2.05, 4.69) is 17.6 Å². The number of aryl methyl sites for hydroxylation is 2. The van der Waals surface area contributed by atoms with Crippen LogP contribution in [0.4, 0.5) is 4.79 Å². The number of nitrogens with one attached hydrogen (secondary N) is 2. The summed E-state index contributed by atoms with van der Waals surface area (Å²) < 4.78 is 5.47. The summed E-state index contributed by atoms with van der Waals surface area (Å²) in [4.78, 5) is 42.6. The number of unbranched alkanes of at least 4 members (excludes halogenated alkanes) is 5. The van der Waals surface area contributed by atoms with E-state index in [1.807, 2.05) is 66.7 Å². The van der Waals surface area contributed by atoms with Crippen LogP contribution < -0.4 is 10.6 Å².